The summed E-state index contributed by atoms with van der Waals surface area (Å²) in [6.45, 7) is 7.92. The van der Waals surface area contributed by atoms with Crippen molar-refractivity contribution >= 4 is 16.9 Å². The number of carbonyl (C=O) groups is 1. The minimum atomic E-state index is 0.334. The molecule has 0 radical (unpaired) electrons. The molecule has 1 aromatic heterocycles. The van der Waals surface area contributed by atoms with Crippen LogP contribution in [0.1, 0.15) is 38.9 Å². The van der Waals surface area contributed by atoms with Gasteiger partial charge in [0.15, 0.2) is 0 Å². The minimum Gasteiger partial charge on any atom is -0.342 e. The molecule has 1 aliphatic carbocycles. The number of fused-ring (bicyclic) bond motifs is 1. The van der Waals surface area contributed by atoms with Crippen LogP contribution in [0.3, 0.4) is 0 Å². The number of piperidine rings is 1. The molecule has 1 saturated heterocycles. The van der Waals surface area contributed by atoms with Crippen molar-refractivity contribution in [3.63, 3.8) is 0 Å². The predicted molar refractivity (Wildman–Crippen MR) is 99.1 cm³/mol. The number of imidazole rings is 1. The molecule has 2 aliphatic rings. The second-order valence-electron chi connectivity index (χ2n) is 7.57. The summed E-state index contributed by atoms with van der Waals surface area (Å²) >= 11 is 0. The second-order valence-corrected chi connectivity index (χ2v) is 7.57. The van der Waals surface area contributed by atoms with Crippen LogP contribution in [0.15, 0.2) is 24.3 Å². The Morgan fingerprint density at radius 2 is 2.08 bits per heavy atom. The van der Waals surface area contributed by atoms with Gasteiger partial charge >= 0.3 is 0 Å². The van der Waals surface area contributed by atoms with E-state index in [9.17, 15) is 4.79 Å². The van der Waals surface area contributed by atoms with Crippen molar-refractivity contribution in [2.24, 2.45) is 11.8 Å². The number of hydrogen-bond acceptors (Lipinski definition) is 3. The van der Waals surface area contributed by atoms with Gasteiger partial charge in [0.25, 0.3) is 0 Å². The normalized spacial score (nSPS) is 24.0. The summed E-state index contributed by atoms with van der Waals surface area (Å²) in [7, 11) is 0. The fourth-order valence-corrected chi connectivity index (χ4v) is 4.07. The summed E-state index contributed by atoms with van der Waals surface area (Å²) in [5.41, 5.74) is 2.28. The number of likely N-dealkylation sites (tertiary alicyclic amines) is 1. The van der Waals surface area contributed by atoms with Gasteiger partial charge in [0.2, 0.25) is 5.91 Å². The van der Waals surface area contributed by atoms with E-state index in [4.69, 9.17) is 4.98 Å². The number of para-hydroxylation sites is 2. The lowest BCUT2D eigenvalue weighted by molar-refractivity contribution is -0.134. The number of nitrogens with zero attached hydrogens (tertiary/aromatic N) is 3. The molecule has 2 unspecified atom stereocenters. The Kier molecular flexibility index (Phi) is 4.50. The zero-order valence-electron chi connectivity index (χ0n) is 15.2. The van der Waals surface area contributed by atoms with Crippen molar-refractivity contribution in [3.8, 4) is 0 Å². The second kappa shape index (κ2) is 6.79. The molecule has 0 spiro atoms. The number of amides is 1. The monoisotopic (exact) mass is 340 g/mol. The van der Waals surface area contributed by atoms with Gasteiger partial charge in [-0.3, -0.25) is 4.79 Å². The molecule has 5 heteroatoms. The largest absolute Gasteiger partial charge is 0.342 e. The van der Waals surface area contributed by atoms with Crippen LogP contribution in [-0.4, -0.2) is 39.5 Å². The summed E-state index contributed by atoms with van der Waals surface area (Å²) in [4.78, 5) is 19.2. The fourth-order valence-electron chi connectivity index (χ4n) is 4.07. The van der Waals surface area contributed by atoms with Crippen molar-refractivity contribution in [2.45, 2.75) is 52.2 Å². The molecular weight excluding hydrogens is 312 g/mol. The van der Waals surface area contributed by atoms with Crippen LogP contribution >= 0.6 is 0 Å². The lowest BCUT2D eigenvalue weighted by Crippen LogP contribution is -2.50. The predicted octanol–water partition coefficient (Wildman–Crippen LogP) is 2.79. The Morgan fingerprint density at radius 1 is 1.28 bits per heavy atom. The maximum atomic E-state index is 12.3. The molecule has 1 amide bonds. The van der Waals surface area contributed by atoms with E-state index in [1.54, 1.807) is 0 Å². The van der Waals surface area contributed by atoms with Crippen LogP contribution in [0.2, 0.25) is 0 Å². The van der Waals surface area contributed by atoms with Crippen molar-refractivity contribution < 1.29 is 4.79 Å². The van der Waals surface area contributed by atoms with Gasteiger partial charge in [-0.25, -0.2) is 4.98 Å². The highest BCUT2D eigenvalue weighted by atomic mass is 16.2. The van der Waals surface area contributed by atoms with Crippen LogP contribution in [0.25, 0.3) is 11.0 Å². The van der Waals surface area contributed by atoms with E-state index >= 15 is 0 Å². The Balaban J connectivity index is 1.39. The van der Waals surface area contributed by atoms with Crippen LogP contribution in [0.5, 0.6) is 0 Å². The molecule has 4 rings (SSSR count). The molecule has 25 heavy (non-hydrogen) atoms. The lowest BCUT2D eigenvalue weighted by atomic mass is 9.93. The Hall–Kier alpha value is -1.88. The van der Waals surface area contributed by atoms with Crippen LogP contribution in [0, 0.1) is 11.8 Å². The van der Waals surface area contributed by atoms with Gasteiger partial charge in [0, 0.05) is 31.6 Å². The SMILES string of the molecule is CCn1c(CNC2CCN(C(=O)C3CC3)CC2C)nc2ccccc21. The van der Waals surface area contributed by atoms with E-state index in [1.807, 2.05) is 6.07 Å². The third-order valence-electron chi connectivity index (χ3n) is 5.72. The highest BCUT2D eigenvalue weighted by Gasteiger charge is 2.36. The number of hydrogen-bond donors (Lipinski definition) is 1. The summed E-state index contributed by atoms with van der Waals surface area (Å²) in [5.74, 6) is 2.31. The Bertz CT molecular complexity index is 764. The van der Waals surface area contributed by atoms with Gasteiger partial charge in [-0.15, -0.1) is 0 Å². The third kappa shape index (κ3) is 3.30. The number of rotatable bonds is 5. The first-order valence-electron chi connectivity index (χ1n) is 9.63. The van der Waals surface area contributed by atoms with Crippen LogP contribution < -0.4 is 5.32 Å². The van der Waals surface area contributed by atoms with E-state index in [0.717, 1.165) is 56.8 Å². The number of benzene rings is 1. The smallest absolute Gasteiger partial charge is 0.225 e. The molecule has 134 valence electrons. The third-order valence-corrected chi connectivity index (χ3v) is 5.72. The maximum Gasteiger partial charge on any atom is 0.225 e. The topological polar surface area (TPSA) is 50.2 Å². The highest BCUT2D eigenvalue weighted by Crippen LogP contribution is 2.32. The van der Waals surface area contributed by atoms with Crippen molar-refractivity contribution in [2.75, 3.05) is 13.1 Å². The van der Waals surface area contributed by atoms with Crippen molar-refractivity contribution in [3.05, 3.63) is 30.1 Å². The van der Waals surface area contributed by atoms with Gasteiger partial charge < -0.3 is 14.8 Å². The zero-order valence-corrected chi connectivity index (χ0v) is 15.2. The van der Waals surface area contributed by atoms with Crippen molar-refractivity contribution in [1.82, 2.24) is 19.8 Å². The average Bonchev–Trinajstić information content (AvgIpc) is 3.41. The van der Waals surface area contributed by atoms with E-state index in [0.29, 0.717) is 23.8 Å². The van der Waals surface area contributed by atoms with Gasteiger partial charge in [-0.05, 0) is 44.2 Å². The highest BCUT2D eigenvalue weighted by molar-refractivity contribution is 5.81. The summed E-state index contributed by atoms with van der Waals surface area (Å²) in [6, 6.07) is 8.78. The molecule has 2 fully saturated rings. The van der Waals surface area contributed by atoms with E-state index in [2.05, 4.69) is 46.8 Å². The van der Waals surface area contributed by atoms with Crippen LogP contribution in [-0.2, 0) is 17.9 Å². The molecule has 1 saturated carbocycles. The molecule has 2 aromatic rings. The molecule has 5 nitrogen and oxygen atoms in total. The standard InChI is InChI=1S/C20H28N4O/c1-3-24-18-7-5-4-6-17(18)22-19(24)12-21-16-10-11-23(13-14(16)2)20(25)15-8-9-15/h4-7,14-16,21H,3,8-13H2,1-2H3. The molecule has 2 heterocycles. The summed E-state index contributed by atoms with van der Waals surface area (Å²) < 4.78 is 2.29. The first kappa shape index (κ1) is 16.6. The number of nitrogens with one attached hydrogen (secondary N) is 1. The molecule has 1 N–H and O–H groups in total. The quantitative estimate of drug-likeness (QED) is 0.910. The first-order valence-corrected chi connectivity index (χ1v) is 9.63. The number of carbonyl (C=O) groups excluding carboxylic acids is 1. The molecule has 1 aromatic carbocycles. The van der Waals surface area contributed by atoms with Gasteiger partial charge in [0.05, 0.1) is 17.6 Å². The molecule has 0 bridgehead atoms. The average molecular weight is 340 g/mol. The van der Waals surface area contributed by atoms with Gasteiger partial charge in [-0.1, -0.05) is 19.1 Å². The van der Waals surface area contributed by atoms with E-state index in [1.165, 1.54) is 5.52 Å². The fraction of sp³-hybridized carbons (Fsp3) is 0.600. The summed E-state index contributed by atoms with van der Waals surface area (Å²) in [5, 5.41) is 3.71. The maximum absolute atomic E-state index is 12.3. The Morgan fingerprint density at radius 3 is 2.80 bits per heavy atom. The number of aromatic nitrogens is 2. The lowest BCUT2D eigenvalue weighted by Gasteiger charge is -2.37. The molecule has 1 aliphatic heterocycles. The van der Waals surface area contributed by atoms with E-state index in [-0.39, 0.29) is 0 Å². The van der Waals surface area contributed by atoms with E-state index < -0.39 is 0 Å². The molecule has 2 atom stereocenters. The number of aryl methyl sites for hydroxylation is 1. The van der Waals surface area contributed by atoms with Crippen molar-refractivity contribution in [1.29, 1.82) is 0 Å². The molecular formula is C20H28N4O. The zero-order chi connectivity index (χ0) is 17.4. The van der Waals surface area contributed by atoms with Gasteiger partial charge in [0.1, 0.15) is 5.82 Å². The Labute approximate surface area is 149 Å². The first-order chi connectivity index (χ1) is 12.2. The van der Waals surface area contributed by atoms with Crippen LogP contribution in [0.4, 0.5) is 0 Å². The minimum absolute atomic E-state index is 0.334. The summed E-state index contributed by atoms with van der Waals surface area (Å²) in [6.07, 6.45) is 3.23. The van der Waals surface area contributed by atoms with Gasteiger partial charge in [-0.2, -0.15) is 0 Å².